The third-order valence-electron chi connectivity index (χ3n) is 5.29. The largest absolute Gasteiger partial charge is 0.382 e. The molecule has 7 heteroatoms. The lowest BCUT2D eigenvalue weighted by molar-refractivity contribution is 0.0536. The van der Waals surface area contributed by atoms with Crippen molar-refractivity contribution in [3.8, 4) is 0 Å². The first-order valence-corrected chi connectivity index (χ1v) is 10.1. The number of guanidine groups is 1. The SMILES string of the molecule is CCNC(=NCC(CC)N1CCCC1)N1CCC(COCCOC)C1.I. The monoisotopic (exact) mass is 482 g/mol. The van der Waals surface area contributed by atoms with Gasteiger partial charge in [-0.05, 0) is 45.7 Å². The highest BCUT2D eigenvalue weighted by Crippen LogP contribution is 2.18. The molecule has 0 amide bonds. The fourth-order valence-electron chi connectivity index (χ4n) is 3.78. The zero-order valence-corrected chi connectivity index (χ0v) is 19.2. The number of hydrogen-bond acceptors (Lipinski definition) is 4. The number of nitrogens with zero attached hydrogens (tertiary/aromatic N) is 3. The highest BCUT2D eigenvalue weighted by molar-refractivity contribution is 14.0. The molecule has 2 heterocycles. The van der Waals surface area contributed by atoms with Crippen LogP contribution in [0.5, 0.6) is 0 Å². The number of hydrogen-bond donors (Lipinski definition) is 1. The first kappa shape index (κ1) is 23.9. The quantitative estimate of drug-likeness (QED) is 0.224. The molecule has 1 N–H and O–H groups in total. The van der Waals surface area contributed by atoms with Crippen LogP contribution >= 0.6 is 24.0 Å². The molecule has 26 heavy (non-hydrogen) atoms. The second-order valence-electron chi connectivity index (χ2n) is 7.17. The maximum atomic E-state index is 5.71. The van der Waals surface area contributed by atoms with Crippen LogP contribution in [-0.2, 0) is 9.47 Å². The van der Waals surface area contributed by atoms with Crippen molar-refractivity contribution in [1.82, 2.24) is 15.1 Å². The van der Waals surface area contributed by atoms with Crippen molar-refractivity contribution in [2.75, 3.05) is 66.2 Å². The average Bonchev–Trinajstić information content (AvgIpc) is 3.30. The number of halogens is 1. The van der Waals surface area contributed by atoms with Crippen molar-refractivity contribution < 1.29 is 9.47 Å². The summed E-state index contributed by atoms with van der Waals surface area (Å²) in [6.45, 7) is 13.1. The van der Waals surface area contributed by atoms with Crippen LogP contribution in [0.1, 0.15) is 39.5 Å². The Morgan fingerprint density at radius 1 is 1.19 bits per heavy atom. The van der Waals surface area contributed by atoms with Crippen molar-refractivity contribution in [3.05, 3.63) is 0 Å². The van der Waals surface area contributed by atoms with Gasteiger partial charge in [-0.1, -0.05) is 6.92 Å². The molecule has 2 aliphatic heterocycles. The third kappa shape index (κ3) is 7.86. The van der Waals surface area contributed by atoms with E-state index in [1.807, 2.05) is 0 Å². The van der Waals surface area contributed by atoms with Gasteiger partial charge < -0.3 is 19.7 Å². The van der Waals surface area contributed by atoms with Gasteiger partial charge in [-0.3, -0.25) is 9.89 Å². The van der Waals surface area contributed by atoms with Crippen LogP contribution in [0.25, 0.3) is 0 Å². The summed E-state index contributed by atoms with van der Waals surface area (Å²) in [7, 11) is 1.71. The molecule has 2 unspecified atom stereocenters. The summed E-state index contributed by atoms with van der Waals surface area (Å²) in [4.78, 5) is 10.0. The first-order valence-electron chi connectivity index (χ1n) is 10.1. The fraction of sp³-hybridized carbons (Fsp3) is 0.947. The third-order valence-corrected chi connectivity index (χ3v) is 5.29. The number of aliphatic imine (C=N–C) groups is 1. The molecule has 0 bridgehead atoms. The van der Waals surface area contributed by atoms with E-state index in [1.54, 1.807) is 7.11 Å². The Hall–Kier alpha value is -0.120. The highest BCUT2D eigenvalue weighted by Gasteiger charge is 2.26. The Kier molecular flexibility index (Phi) is 12.8. The van der Waals surface area contributed by atoms with Gasteiger partial charge in [-0.25, -0.2) is 0 Å². The minimum Gasteiger partial charge on any atom is -0.382 e. The van der Waals surface area contributed by atoms with E-state index in [0.29, 0.717) is 25.2 Å². The maximum Gasteiger partial charge on any atom is 0.193 e. The summed E-state index contributed by atoms with van der Waals surface area (Å²) in [6, 6.07) is 0.590. The molecular formula is C19H39IN4O2. The number of rotatable bonds is 10. The van der Waals surface area contributed by atoms with E-state index in [2.05, 4.69) is 29.0 Å². The van der Waals surface area contributed by atoms with Crippen LogP contribution < -0.4 is 5.32 Å². The molecule has 0 spiro atoms. The van der Waals surface area contributed by atoms with Crippen molar-refractivity contribution in [3.63, 3.8) is 0 Å². The van der Waals surface area contributed by atoms with E-state index >= 15 is 0 Å². The fourth-order valence-corrected chi connectivity index (χ4v) is 3.78. The predicted molar refractivity (Wildman–Crippen MR) is 119 cm³/mol. The standard InChI is InChI=1S/C19H38N4O2.HI/c1-4-18(22-9-6-7-10-22)14-21-19(20-5-2)23-11-8-17(15-23)16-25-13-12-24-3;/h17-18H,4-16H2,1-3H3,(H,20,21);1H. The zero-order valence-electron chi connectivity index (χ0n) is 16.9. The van der Waals surface area contributed by atoms with Gasteiger partial charge in [0, 0.05) is 38.7 Å². The lowest BCUT2D eigenvalue weighted by Gasteiger charge is -2.27. The molecule has 0 aromatic rings. The number of methoxy groups -OCH3 is 1. The first-order chi connectivity index (χ1) is 12.3. The van der Waals surface area contributed by atoms with E-state index in [0.717, 1.165) is 38.7 Å². The number of ether oxygens (including phenoxy) is 2. The normalized spacial score (nSPS) is 22.5. The van der Waals surface area contributed by atoms with Crippen LogP contribution in [0.2, 0.25) is 0 Å². The Morgan fingerprint density at radius 2 is 1.96 bits per heavy atom. The van der Waals surface area contributed by atoms with Gasteiger partial charge in [-0.15, -0.1) is 24.0 Å². The van der Waals surface area contributed by atoms with E-state index in [1.165, 1.54) is 38.8 Å². The molecule has 2 fully saturated rings. The highest BCUT2D eigenvalue weighted by atomic mass is 127. The summed E-state index contributed by atoms with van der Waals surface area (Å²) < 4.78 is 10.7. The van der Waals surface area contributed by atoms with E-state index in [9.17, 15) is 0 Å². The second kappa shape index (κ2) is 14.0. The molecule has 2 saturated heterocycles. The topological polar surface area (TPSA) is 49.3 Å². The van der Waals surface area contributed by atoms with E-state index in [-0.39, 0.29) is 24.0 Å². The van der Waals surface area contributed by atoms with Crippen molar-refractivity contribution in [1.29, 1.82) is 0 Å². The van der Waals surface area contributed by atoms with Gasteiger partial charge >= 0.3 is 0 Å². The van der Waals surface area contributed by atoms with Gasteiger partial charge in [0.05, 0.1) is 26.4 Å². The Labute approximate surface area is 177 Å². The molecule has 0 saturated carbocycles. The molecule has 6 nitrogen and oxygen atoms in total. The van der Waals surface area contributed by atoms with Crippen LogP contribution in [0.15, 0.2) is 4.99 Å². The van der Waals surface area contributed by atoms with Gasteiger partial charge in [0.1, 0.15) is 0 Å². The van der Waals surface area contributed by atoms with Crippen LogP contribution in [0.3, 0.4) is 0 Å². The molecular weight excluding hydrogens is 443 g/mol. The molecule has 154 valence electrons. The Balaban J connectivity index is 0.00000338. The van der Waals surface area contributed by atoms with Crippen LogP contribution in [-0.4, -0.2) is 88.0 Å². The lowest BCUT2D eigenvalue weighted by Crippen LogP contribution is -2.42. The van der Waals surface area contributed by atoms with Crippen molar-refractivity contribution in [2.45, 2.75) is 45.6 Å². The molecule has 0 aromatic heterocycles. The molecule has 0 radical (unpaired) electrons. The Morgan fingerprint density at radius 3 is 2.62 bits per heavy atom. The summed E-state index contributed by atoms with van der Waals surface area (Å²) in [5.74, 6) is 1.68. The van der Waals surface area contributed by atoms with Gasteiger partial charge in [-0.2, -0.15) is 0 Å². The van der Waals surface area contributed by atoms with E-state index < -0.39 is 0 Å². The summed E-state index contributed by atoms with van der Waals surface area (Å²) >= 11 is 0. The van der Waals surface area contributed by atoms with Crippen LogP contribution in [0, 0.1) is 5.92 Å². The minimum atomic E-state index is 0. The molecule has 2 atom stereocenters. The molecule has 2 rings (SSSR count). The van der Waals surface area contributed by atoms with E-state index in [4.69, 9.17) is 14.5 Å². The maximum absolute atomic E-state index is 5.71. The summed E-state index contributed by atoms with van der Waals surface area (Å²) in [5.41, 5.74) is 0. The van der Waals surface area contributed by atoms with Gasteiger partial charge in [0.15, 0.2) is 5.96 Å². The predicted octanol–water partition coefficient (Wildman–Crippen LogP) is 2.43. The minimum absolute atomic E-state index is 0. The Bertz CT molecular complexity index is 392. The van der Waals surface area contributed by atoms with Gasteiger partial charge in [0.2, 0.25) is 0 Å². The summed E-state index contributed by atoms with van der Waals surface area (Å²) in [5, 5.41) is 3.49. The van der Waals surface area contributed by atoms with Crippen molar-refractivity contribution in [2.24, 2.45) is 10.9 Å². The van der Waals surface area contributed by atoms with Gasteiger partial charge in [0.25, 0.3) is 0 Å². The average molecular weight is 482 g/mol. The van der Waals surface area contributed by atoms with Crippen LogP contribution in [0.4, 0.5) is 0 Å². The zero-order chi connectivity index (χ0) is 17.9. The number of nitrogens with one attached hydrogen (secondary N) is 1. The smallest absolute Gasteiger partial charge is 0.193 e. The lowest BCUT2D eigenvalue weighted by atomic mass is 10.1. The second-order valence-corrected chi connectivity index (χ2v) is 7.17. The number of likely N-dealkylation sites (tertiary alicyclic amines) is 2. The molecule has 2 aliphatic rings. The molecule has 0 aliphatic carbocycles. The van der Waals surface area contributed by atoms with Crippen molar-refractivity contribution >= 4 is 29.9 Å². The summed E-state index contributed by atoms with van der Waals surface area (Å²) in [6.07, 6.45) is 5.05. The molecule has 0 aromatic carbocycles.